The number of nitrogens with two attached hydrogens (primary N) is 1. The molecular formula is C14H20N2O2. The van der Waals surface area contributed by atoms with Gasteiger partial charge in [0.1, 0.15) is 0 Å². The highest BCUT2D eigenvalue weighted by atomic mass is 16.5. The van der Waals surface area contributed by atoms with Crippen LogP contribution in [0.2, 0.25) is 0 Å². The standard InChI is InChI=1S/C14H20N2O2/c1-9-7-16(8-10(2)18-9)14(17)12-5-4-6-13(15)11(12)3/h4-6,9-10H,7-8,15H2,1-3H3/t9-,10-/m1/s1. The Morgan fingerprint density at radius 3 is 2.56 bits per heavy atom. The largest absolute Gasteiger partial charge is 0.398 e. The monoisotopic (exact) mass is 248 g/mol. The van der Waals surface area contributed by atoms with Gasteiger partial charge in [0.15, 0.2) is 0 Å². The van der Waals surface area contributed by atoms with Crippen molar-refractivity contribution in [3.8, 4) is 0 Å². The van der Waals surface area contributed by atoms with E-state index in [0.717, 1.165) is 5.56 Å². The van der Waals surface area contributed by atoms with Crippen molar-refractivity contribution in [1.82, 2.24) is 4.90 Å². The molecule has 1 aliphatic heterocycles. The van der Waals surface area contributed by atoms with Crippen LogP contribution in [-0.2, 0) is 4.74 Å². The molecular weight excluding hydrogens is 228 g/mol. The average molecular weight is 248 g/mol. The fourth-order valence-electron chi connectivity index (χ4n) is 2.40. The van der Waals surface area contributed by atoms with Crippen molar-refractivity contribution in [2.45, 2.75) is 33.0 Å². The van der Waals surface area contributed by atoms with Crippen LogP contribution < -0.4 is 5.73 Å². The SMILES string of the molecule is Cc1c(N)cccc1C(=O)N1C[C@@H](C)O[C@H](C)C1. The summed E-state index contributed by atoms with van der Waals surface area (Å²) >= 11 is 0. The highest BCUT2D eigenvalue weighted by Gasteiger charge is 2.27. The lowest BCUT2D eigenvalue weighted by Gasteiger charge is -2.35. The molecule has 0 aromatic heterocycles. The van der Waals surface area contributed by atoms with Crippen LogP contribution in [0, 0.1) is 6.92 Å². The van der Waals surface area contributed by atoms with Gasteiger partial charge in [0.25, 0.3) is 5.91 Å². The first-order valence-electron chi connectivity index (χ1n) is 6.29. The topological polar surface area (TPSA) is 55.6 Å². The van der Waals surface area contributed by atoms with Crippen molar-refractivity contribution in [2.75, 3.05) is 18.8 Å². The predicted molar refractivity (Wildman–Crippen MR) is 71.5 cm³/mol. The summed E-state index contributed by atoms with van der Waals surface area (Å²) in [5.41, 5.74) is 8.06. The second kappa shape index (κ2) is 4.98. The molecule has 1 heterocycles. The van der Waals surface area contributed by atoms with E-state index in [1.165, 1.54) is 0 Å². The minimum atomic E-state index is 0.0433. The first kappa shape index (κ1) is 12.9. The predicted octanol–water partition coefficient (Wildman–Crippen LogP) is 1.83. The number of carbonyl (C=O) groups is 1. The summed E-state index contributed by atoms with van der Waals surface area (Å²) in [6, 6.07) is 5.47. The number of anilines is 1. The minimum Gasteiger partial charge on any atom is -0.398 e. The number of hydrogen-bond acceptors (Lipinski definition) is 3. The molecule has 1 aliphatic rings. The zero-order valence-electron chi connectivity index (χ0n) is 11.1. The van der Waals surface area contributed by atoms with Gasteiger partial charge in [0, 0.05) is 24.3 Å². The summed E-state index contributed by atoms with van der Waals surface area (Å²) < 4.78 is 5.64. The Hall–Kier alpha value is -1.55. The van der Waals surface area contributed by atoms with Crippen LogP contribution in [0.15, 0.2) is 18.2 Å². The number of nitrogens with zero attached hydrogens (tertiary/aromatic N) is 1. The molecule has 0 spiro atoms. The Morgan fingerprint density at radius 2 is 1.94 bits per heavy atom. The van der Waals surface area contributed by atoms with E-state index in [9.17, 15) is 4.79 Å². The van der Waals surface area contributed by atoms with Gasteiger partial charge in [-0.3, -0.25) is 4.79 Å². The molecule has 0 aliphatic carbocycles. The number of hydrogen-bond donors (Lipinski definition) is 1. The first-order valence-corrected chi connectivity index (χ1v) is 6.29. The molecule has 0 unspecified atom stereocenters. The summed E-state index contributed by atoms with van der Waals surface area (Å²) in [6.45, 7) is 7.13. The maximum Gasteiger partial charge on any atom is 0.254 e. The van der Waals surface area contributed by atoms with Crippen molar-refractivity contribution in [2.24, 2.45) is 0 Å². The Labute approximate surface area is 108 Å². The second-order valence-corrected chi connectivity index (χ2v) is 4.99. The van der Waals surface area contributed by atoms with Gasteiger partial charge in [0.05, 0.1) is 12.2 Å². The molecule has 1 saturated heterocycles. The molecule has 4 heteroatoms. The van der Waals surface area contributed by atoms with Crippen molar-refractivity contribution < 1.29 is 9.53 Å². The fraction of sp³-hybridized carbons (Fsp3) is 0.500. The van der Waals surface area contributed by atoms with Crippen molar-refractivity contribution in [3.63, 3.8) is 0 Å². The van der Waals surface area contributed by atoms with E-state index < -0.39 is 0 Å². The zero-order chi connectivity index (χ0) is 13.3. The van der Waals surface area contributed by atoms with Gasteiger partial charge in [-0.25, -0.2) is 0 Å². The van der Waals surface area contributed by atoms with E-state index in [2.05, 4.69) is 0 Å². The van der Waals surface area contributed by atoms with Crippen LogP contribution in [0.4, 0.5) is 5.69 Å². The molecule has 18 heavy (non-hydrogen) atoms. The van der Waals surface area contributed by atoms with Gasteiger partial charge in [-0.15, -0.1) is 0 Å². The van der Waals surface area contributed by atoms with E-state index in [1.807, 2.05) is 43.9 Å². The third kappa shape index (κ3) is 2.48. The third-order valence-corrected chi connectivity index (χ3v) is 3.31. The van der Waals surface area contributed by atoms with Crippen molar-refractivity contribution >= 4 is 11.6 Å². The number of nitrogen functional groups attached to an aromatic ring is 1. The lowest BCUT2D eigenvalue weighted by atomic mass is 10.0. The summed E-state index contributed by atoms with van der Waals surface area (Å²) in [7, 11) is 0. The summed E-state index contributed by atoms with van der Waals surface area (Å²) in [5.74, 6) is 0.0433. The molecule has 1 aromatic rings. The van der Waals surface area contributed by atoms with Gasteiger partial charge >= 0.3 is 0 Å². The molecule has 2 rings (SSSR count). The van der Waals surface area contributed by atoms with Gasteiger partial charge in [-0.1, -0.05) is 6.07 Å². The highest BCUT2D eigenvalue weighted by Crippen LogP contribution is 2.20. The Kier molecular flexibility index (Phi) is 3.57. The Morgan fingerprint density at radius 1 is 1.33 bits per heavy atom. The number of rotatable bonds is 1. The van der Waals surface area contributed by atoms with E-state index in [-0.39, 0.29) is 18.1 Å². The highest BCUT2D eigenvalue weighted by molar-refractivity contribution is 5.97. The van der Waals surface area contributed by atoms with Crippen LogP contribution >= 0.6 is 0 Å². The van der Waals surface area contributed by atoms with Crippen molar-refractivity contribution in [1.29, 1.82) is 0 Å². The van der Waals surface area contributed by atoms with E-state index in [0.29, 0.717) is 24.3 Å². The summed E-state index contributed by atoms with van der Waals surface area (Å²) in [5, 5.41) is 0. The number of ether oxygens (including phenoxy) is 1. The van der Waals surface area contributed by atoms with Crippen molar-refractivity contribution in [3.05, 3.63) is 29.3 Å². The van der Waals surface area contributed by atoms with E-state index >= 15 is 0 Å². The van der Waals surface area contributed by atoms with Crippen LogP contribution in [-0.4, -0.2) is 36.1 Å². The zero-order valence-corrected chi connectivity index (χ0v) is 11.1. The summed E-state index contributed by atoms with van der Waals surface area (Å²) in [6.07, 6.45) is 0.165. The molecule has 0 radical (unpaired) electrons. The Bertz CT molecular complexity index is 449. The fourth-order valence-corrected chi connectivity index (χ4v) is 2.40. The molecule has 1 fully saturated rings. The number of carbonyl (C=O) groups excluding carboxylic acids is 1. The van der Waals surface area contributed by atoms with E-state index in [1.54, 1.807) is 0 Å². The molecule has 0 saturated carbocycles. The van der Waals surface area contributed by atoms with Crippen LogP contribution in [0.25, 0.3) is 0 Å². The third-order valence-electron chi connectivity index (χ3n) is 3.31. The average Bonchev–Trinajstić information content (AvgIpc) is 2.30. The molecule has 98 valence electrons. The number of morpholine rings is 1. The molecule has 0 bridgehead atoms. The van der Waals surface area contributed by atoms with Crippen LogP contribution in [0.3, 0.4) is 0 Å². The van der Waals surface area contributed by atoms with Crippen LogP contribution in [0.5, 0.6) is 0 Å². The lowest BCUT2D eigenvalue weighted by molar-refractivity contribution is -0.0586. The second-order valence-electron chi connectivity index (χ2n) is 4.99. The molecule has 1 amide bonds. The number of benzene rings is 1. The smallest absolute Gasteiger partial charge is 0.254 e. The van der Waals surface area contributed by atoms with Crippen LogP contribution in [0.1, 0.15) is 29.8 Å². The molecule has 2 atom stereocenters. The molecule has 2 N–H and O–H groups in total. The van der Waals surface area contributed by atoms with Gasteiger partial charge in [0.2, 0.25) is 0 Å². The minimum absolute atomic E-state index is 0.0433. The molecule has 4 nitrogen and oxygen atoms in total. The normalized spacial score (nSPS) is 24.1. The van der Waals surface area contributed by atoms with E-state index in [4.69, 9.17) is 10.5 Å². The summed E-state index contributed by atoms with van der Waals surface area (Å²) in [4.78, 5) is 14.3. The van der Waals surface area contributed by atoms with Gasteiger partial charge in [-0.05, 0) is 38.5 Å². The Balaban J connectivity index is 2.23. The number of amides is 1. The quantitative estimate of drug-likeness (QED) is 0.771. The molecule has 1 aromatic carbocycles. The maximum atomic E-state index is 12.5. The lowest BCUT2D eigenvalue weighted by Crippen LogP contribution is -2.48. The van der Waals surface area contributed by atoms with Gasteiger partial charge < -0.3 is 15.4 Å². The maximum absolute atomic E-state index is 12.5. The van der Waals surface area contributed by atoms with Gasteiger partial charge in [-0.2, -0.15) is 0 Å². The first-order chi connectivity index (χ1) is 8.49.